The number of hydrogen-bond donors (Lipinski definition) is 3. The molecule has 2 atom stereocenters. The van der Waals surface area contributed by atoms with Gasteiger partial charge in [-0.15, -0.1) is 11.3 Å². The van der Waals surface area contributed by atoms with E-state index in [9.17, 15) is 14.7 Å². The molecule has 30 heavy (non-hydrogen) atoms. The molecule has 0 aliphatic carbocycles. The lowest BCUT2D eigenvalue weighted by Crippen LogP contribution is -2.45. The fourth-order valence-electron chi connectivity index (χ4n) is 4.37. The number of thiazole rings is 1. The number of amides is 2. The number of fused-ring (bicyclic) bond motifs is 1. The topological polar surface area (TPSA) is 97.8 Å². The van der Waals surface area contributed by atoms with Gasteiger partial charge in [0.05, 0.1) is 6.04 Å². The Morgan fingerprint density at radius 3 is 2.80 bits per heavy atom. The number of hydrogen-bond acceptors (Lipinski definition) is 6. The van der Waals surface area contributed by atoms with E-state index in [1.807, 2.05) is 31.3 Å². The number of anilines is 1. The van der Waals surface area contributed by atoms with Crippen molar-refractivity contribution in [1.29, 1.82) is 0 Å². The Bertz CT molecular complexity index is 940. The van der Waals surface area contributed by atoms with Crippen LogP contribution in [0.3, 0.4) is 0 Å². The van der Waals surface area contributed by atoms with Crippen LogP contribution in [0.25, 0.3) is 10.6 Å². The second-order valence-corrected chi connectivity index (χ2v) is 9.02. The molecule has 3 N–H and O–H groups in total. The van der Waals surface area contributed by atoms with Gasteiger partial charge in [-0.1, -0.05) is 0 Å². The summed E-state index contributed by atoms with van der Waals surface area (Å²) in [5.74, 6) is -0.0437. The third-order valence-corrected chi connectivity index (χ3v) is 6.74. The monoisotopic (exact) mass is 429 g/mol. The maximum Gasteiger partial charge on any atom is 0.405 e. The maximum absolute atomic E-state index is 12.2. The van der Waals surface area contributed by atoms with Gasteiger partial charge in [0.15, 0.2) is 0 Å². The summed E-state index contributed by atoms with van der Waals surface area (Å²) in [6, 6.07) is 5.42. The fraction of sp³-hybridized carbons (Fsp3) is 0.476. The van der Waals surface area contributed by atoms with Crippen molar-refractivity contribution in [2.24, 2.45) is 0 Å². The molecule has 0 bridgehead atoms. The zero-order valence-electron chi connectivity index (χ0n) is 17.2. The van der Waals surface area contributed by atoms with Crippen molar-refractivity contribution in [3.8, 4) is 10.6 Å². The standard InChI is InChI=1S/C21H27N5O3S/c1-13-9-18(24-21(28)29)17-10-15(3-4-19(17)26(13)14(2)27)20-23-11-16(30-20)12-25-7-5-22-6-8-25/h3-4,10-11,13,18,22,24H,5-9,12H2,1-2H3,(H,28,29)/t13-,18+/m0/s1. The van der Waals surface area contributed by atoms with Crippen LogP contribution in [-0.2, 0) is 11.3 Å². The molecule has 0 radical (unpaired) electrons. The number of benzene rings is 1. The van der Waals surface area contributed by atoms with Gasteiger partial charge in [0.25, 0.3) is 0 Å². The van der Waals surface area contributed by atoms with Crippen LogP contribution in [0.2, 0.25) is 0 Å². The smallest absolute Gasteiger partial charge is 0.405 e. The minimum absolute atomic E-state index is 0.0437. The first kappa shape index (κ1) is 20.8. The lowest BCUT2D eigenvalue weighted by Gasteiger charge is -2.39. The molecule has 1 fully saturated rings. The largest absolute Gasteiger partial charge is 0.465 e. The van der Waals surface area contributed by atoms with Gasteiger partial charge in [-0.05, 0) is 37.1 Å². The predicted octanol–water partition coefficient (Wildman–Crippen LogP) is 2.67. The molecule has 2 amide bonds. The lowest BCUT2D eigenvalue weighted by molar-refractivity contribution is -0.117. The minimum Gasteiger partial charge on any atom is -0.465 e. The number of carboxylic acid groups (broad SMARTS) is 1. The third kappa shape index (κ3) is 4.33. The Labute approximate surface area is 179 Å². The highest BCUT2D eigenvalue weighted by Crippen LogP contribution is 2.40. The van der Waals surface area contributed by atoms with Crippen molar-refractivity contribution in [2.75, 3.05) is 31.1 Å². The van der Waals surface area contributed by atoms with Crippen molar-refractivity contribution >= 4 is 29.0 Å². The van der Waals surface area contributed by atoms with Gasteiger partial charge in [-0.2, -0.15) is 0 Å². The van der Waals surface area contributed by atoms with Gasteiger partial charge in [0, 0.05) is 68.0 Å². The van der Waals surface area contributed by atoms with Crippen LogP contribution in [0.4, 0.5) is 10.5 Å². The molecule has 1 aromatic heterocycles. The number of aromatic nitrogens is 1. The second-order valence-electron chi connectivity index (χ2n) is 7.91. The Hall–Kier alpha value is -2.49. The highest BCUT2D eigenvalue weighted by molar-refractivity contribution is 7.15. The molecule has 2 aliphatic rings. The number of rotatable bonds is 4. The molecular weight excluding hydrogens is 402 g/mol. The van der Waals surface area contributed by atoms with E-state index < -0.39 is 6.09 Å². The molecule has 3 heterocycles. The van der Waals surface area contributed by atoms with Crippen molar-refractivity contribution in [3.05, 3.63) is 34.8 Å². The quantitative estimate of drug-likeness (QED) is 0.691. The summed E-state index contributed by atoms with van der Waals surface area (Å²) < 4.78 is 0. The molecule has 2 aliphatic heterocycles. The molecule has 9 heteroatoms. The SMILES string of the molecule is CC(=O)N1c2ccc(-c3ncc(CN4CCNCC4)s3)cc2[C@H](NC(=O)O)C[C@@H]1C. The van der Waals surface area contributed by atoms with Crippen LogP contribution in [0.15, 0.2) is 24.4 Å². The number of nitrogens with one attached hydrogen (secondary N) is 2. The van der Waals surface area contributed by atoms with E-state index in [4.69, 9.17) is 0 Å². The highest BCUT2D eigenvalue weighted by atomic mass is 32.1. The van der Waals surface area contributed by atoms with E-state index in [-0.39, 0.29) is 18.0 Å². The van der Waals surface area contributed by atoms with Gasteiger partial charge < -0.3 is 20.6 Å². The summed E-state index contributed by atoms with van der Waals surface area (Å²) in [6.07, 6.45) is 1.40. The fourth-order valence-corrected chi connectivity index (χ4v) is 5.32. The van der Waals surface area contributed by atoms with Crippen molar-refractivity contribution in [1.82, 2.24) is 20.5 Å². The molecular formula is C21H27N5O3S. The Morgan fingerprint density at radius 1 is 1.33 bits per heavy atom. The average molecular weight is 430 g/mol. The van der Waals surface area contributed by atoms with Crippen molar-refractivity contribution < 1.29 is 14.7 Å². The first-order valence-electron chi connectivity index (χ1n) is 10.2. The lowest BCUT2D eigenvalue weighted by atomic mass is 9.90. The van der Waals surface area contributed by atoms with E-state index in [1.54, 1.807) is 23.2 Å². The van der Waals surface area contributed by atoms with E-state index in [2.05, 4.69) is 20.5 Å². The summed E-state index contributed by atoms with van der Waals surface area (Å²) in [6.45, 7) is 8.48. The zero-order chi connectivity index (χ0) is 21.3. The first-order valence-corrected chi connectivity index (χ1v) is 11.1. The molecule has 0 spiro atoms. The second kappa shape index (κ2) is 8.71. The van der Waals surface area contributed by atoms with Crippen LogP contribution in [0.1, 0.15) is 36.8 Å². The highest BCUT2D eigenvalue weighted by Gasteiger charge is 2.33. The zero-order valence-corrected chi connectivity index (χ0v) is 18.0. The summed E-state index contributed by atoms with van der Waals surface area (Å²) in [7, 11) is 0. The van der Waals surface area contributed by atoms with E-state index in [1.165, 1.54) is 4.88 Å². The van der Waals surface area contributed by atoms with Gasteiger partial charge in [0.2, 0.25) is 5.91 Å². The molecule has 4 rings (SSSR count). The van der Waals surface area contributed by atoms with Crippen LogP contribution >= 0.6 is 11.3 Å². The maximum atomic E-state index is 12.2. The van der Waals surface area contributed by atoms with Crippen LogP contribution in [0.5, 0.6) is 0 Å². The van der Waals surface area contributed by atoms with Gasteiger partial charge >= 0.3 is 6.09 Å². The van der Waals surface area contributed by atoms with Gasteiger partial charge in [-0.3, -0.25) is 9.69 Å². The van der Waals surface area contributed by atoms with Crippen molar-refractivity contribution in [3.63, 3.8) is 0 Å². The molecule has 2 aromatic rings. The Morgan fingerprint density at radius 2 is 2.10 bits per heavy atom. The minimum atomic E-state index is -1.06. The molecule has 1 aromatic carbocycles. The summed E-state index contributed by atoms with van der Waals surface area (Å²) in [5, 5.41) is 16.2. The third-order valence-electron chi connectivity index (χ3n) is 5.71. The van der Waals surface area contributed by atoms with E-state index in [0.29, 0.717) is 6.42 Å². The number of piperazine rings is 1. The number of nitrogens with zero attached hydrogens (tertiary/aromatic N) is 3. The number of carbonyl (C=O) groups excluding carboxylic acids is 1. The normalized spacial score (nSPS) is 21.9. The van der Waals surface area contributed by atoms with Gasteiger partial charge in [-0.25, -0.2) is 9.78 Å². The summed E-state index contributed by atoms with van der Waals surface area (Å²) >= 11 is 1.66. The predicted molar refractivity (Wildman–Crippen MR) is 117 cm³/mol. The van der Waals surface area contributed by atoms with E-state index >= 15 is 0 Å². The average Bonchev–Trinajstić information content (AvgIpc) is 3.16. The van der Waals surface area contributed by atoms with Crippen LogP contribution in [0, 0.1) is 0 Å². The Kier molecular flexibility index (Phi) is 6.03. The molecule has 0 unspecified atom stereocenters. The Balaban J connectivity index is 1.63. The summed E-state index contributed by atoms with van der Waals surface area (Å²) in [5.41, 5.74) is 2.53. The molecule has 8 nitrogen and oxygen atoms in total. The first-order chi connectivity index (χ1) is 14.4. The van der Waals surface area contributed by atoms with Crippen molar-refractivity contribution in [2.45, 2.75) is 38.9 Å². The van der Waals surface area contributed by atoms with E-state index in [0.717, 1.165) is 54.5 Å². The number of carbonyl (C=O) groups is 2. The molecule has 160 valence electrons. The molecule has 1 saturated heterocycles. The summed E-state index contributed by atoms with van der Waals surface area (Å²) in [4.78, 5) is 33.5. The van der Waals surface area contributed by atoms with Crippen LogP contribution < -0.4 is 15.5 Å². The molecule has 0 saturated carbocycles. The van der Waals surface area contributed by atoms with Crippen LogP contribution in [-0.4, -0.2) is 59.2 Å². The van der Waals surface area contributed by atoms with Gasteiger partial charge in [0.1, 0.15) is 5.01 Å².